The van der Waals surface area contributed by atoms with E-state index in [-0.39, 0.29) is 0 Å². The molecule has 1 aliphatic carbocycles. The summed E-state index contributed by atoms with van der Waals surface area (Å²) in [4.78, 5) is 18.0. The summed E-state index contributed by atoms with van der Waals surface area (Å²) < 4.78 is 0. The summed E-state index contributed by atoms with van der Waals surface area (Å²) in [5.74, 6) is 0.544. The number of rotatable bonds is 4. The number of aromatic nitrogens is 1. The van der Waals surface area contributed by atoms with E-state index in [1.807, 2.05) is 14.0 Å². The van der Waals surface area contributed by atoms with Gasteiger partial charge < -0.3 is 10.0 Å². The molecule has 1 saturated carbocycles. The van der Waals surface area contributed by atoms with E-state index in [1.165, 1.54) is 19.3 Å². The molecule has 0 aliphatic heterocycles. The van der Waals surface area contributed by atoms with Gasteiger partial charge in [0, 0.05) is 18.8 Å². The van der Waals surface area contributed by atoms with Crippen LogP contribution in [-0.4, -0.2) is 29.1 Å². The lowest BCUT2D eigenvalue weighted by Gasteiger charge is -2.37. The van der Waals surface area contributed by atoms with Crippen molar-refractivity contribution >= 4 is 11.8 Å². The molecule has 0 bridgehead atoms. The first-order valence-electron chi connectivity index (χ1n) is 7.50. The number of carboxylic acid groups (broad SMARTS) is 1. The number of pyridine rings is 1. The van der Waals surface area contributed by atoms with Gasteiger partial charge in [-0.25, -0.2) is 9.78 Å². The Hall–Kier alpha value is -1.58. The fraction of sp³-hybridized carbons (Fsp3) is 0.625. The largest absolute Gasteiger partial charge is 0.478 e. The topological polar surface area (TPSA) is 53.4 Å². The third kappa shape index (κ3) is 3.11. The van der Waals surface area contributed by atoms with Crippen molar-refractivity contribution in [2.45, 2.75) is 52.0 Å². The Morgan fingerprint density at radius 1 is 1.40 bits per heavy atom. The van der Waals surface area contributed by atoms with Gasteiger partial charge in [-0.15, -0.1) is 0 Å². The molecule has 1 aromatic heterocycles. The molecule has 0 spiro atoms. The summed E-state index contributed by atoms with van der Waals surface area (Å²) >= 11 is 0. The zero-order valence-corrected chi connectivity index (χ0v) is 12.6. The Morgan fingerprint density at radius 3 is 2.70 bits per heavy atom. The highest BCUT2D eigenvalue weighted by Crippen LogP contribution is 2.30. The first kappa shape index (κ1) is 14.8. The Labute approximate surface area is 120 Å². The maximum atomic E-state index is 11.2. The van der Waals surface area contributed by atoms with Gasteiger partial charge in [-0.3, -0.25) is 0 Å². The quantitative estimate of drug-likeness (QED) is 0.916. The molecular formula is C16H24N2O2. The van der Waals surface area contributed by atoms with Gasteiger partial charge in [-0.05, 0) is 37.3 Å². The van der Waals surface area contributed by atoms with Crippen molar-refractivity contribution in [3.8, 4) is 0 Å². The molecule has 110 valence electrons. The van der Waals surface area contributed by atoms with Crippen molar-refractivity contribution in [1.82, 2.24) is 4.98 Å². The lowest BCUT2D eigenvalue weighted by atomic mass is 9.85. The van der Waals surface area contributed by atoms with Crippen LogP contribution in [0.1, 0.15) is 55.6 Å². The van der Waals surface area contributed by atoms with Gasteiger partial charge in [-0.1, -0.05) is 26.7 Å². The number of anilines is 1. The van der Waals surface area contributed by atoms with Crippen LogP contribution in [0.5, 0.6) is 0 Å². The predicted octanol–water partition coefficient (Wildman–Crippen LogP) is 3.36. The molecule has 4 nitrogen and oxygen atoms in total. The zero-order chi connectivity index (χ0) is 14.7. The molecule has 20 heavy (non-hydrogen) atoms. The second kappa shape index (κ2) is 6.25. The highest BCUT2D eigenvalue weighted by molar-refractivity contribution is 5.88. The Bertz CT molecular complexity index is 487. The van der Waals surface area contributed by atoms with Gasteiger partial charge in [-0.2, -0.15) is 0 Å². The molecular weight excluding hydrogens is 252 g/mol. The average Bonchev–Trinajstić information content (AvgIpc) is 2.46. The molecule has 1 N–H and O–H groups in total. The number of aromatic carboxylic acids is 1. The van der Waals surface area contributed by atoms with Crippen LogP contribution in [0, 0.1) is 5.92 Å². The molecule has 1 aliphatic rings. The maximum Gasteiger partial charge on any atom is 0.335 e. The minimum atomic E-state index is -0.881. The van der Waals surface area contributed by atoms with Gasteiger partial charge in [0.2, 0.25) is 0 Å². The van der Waals surface area contributed by atoms with E-state index in [4.69, 9.17) is 0 Å². The molecule has 2 atom stereocenters. The predicted molar refractivity (Wildman–Crippen MR) is 80.4 cm³/mol. The number of nitrogens with zero attached hydrogens (tertiary/aromatic N) is 2. The monoisotopic (exact) mass is 276 g/mol. The minimum absolute atomic E-state index is 0.335. The molecule has 1 aromatic rings. The summed E-state index contributed by atoms with van der Waals surface area (Å²) in [5, 5.41) is 9.23. The van der Waals surface area contributed by atoms with Crippen LogP contribution in [0.4, 0.5) is 5.82 Å². The van der Waals surface area contributed by atoms with Gasteiger partial charge >= 0.3 is 5.97 Å². The van der Waals surface area contributed by atoms with Crippen molar-refractivity contribution in [1.29, 1.82) is 0 Å². The van der Waals surface area contributed by atoms with Crippen LogP contribution in [0.25, 0.3) is 0 Å². The Balaban J connectivity index is 2.30. The first-order chi connectivity index (χ1) is 9.52. The lowest BCUT2D eigenvalue weighted by molar-refractivity contribution is 0.0696. The van der Waals surface area contributed by atoms with Gasteiger partial charge in [0.1, 0.15) is 5.82 Å². The van der Waals surface area contributed by atoms with Crippen molar-refractivity contribution in [2.75, 3.05) is 11.9 Å². The Morgan fingerprint density at radius 2 is 2.10 bits per heavy atom. The van der Waals surface area contributed by atoms with Crippen LogP contribution in [0.15, 0.2) is 12.1 Å². The number of aryl methyl sites for hydroxylation is 1. The molecule has 0 amide bonds. The number of hydrogen-bond donors (Lipinski definition) is 1. The minimum Gasteiger partial charge on any atom is -0.478 e. The third-order valence-electron chi connectivity index (χ3n) is 4.40. The highest BCUT2D eigenvalue weighted by Gasteiger charge is 2.26. The van der Waals surface area contributed by atoms with E-state index in [2.05, 4.69) is 16.8 Å². The van der Waals surface area contributed by atoms with E-state index >= 15 is 0 Å². The van der Waals surface area contributed by atoms with Crippen LogP contribution in [-0.2, 0) is 6.42 Å². The second-order valence-electron chi connectivity index (χ2n) is 5.80. The number of hydrogen-bond acceptors (Lipinski definition) is 3. The van der Waals surface area contributed by atoms with Gasteiger partial charge in [0.05, 0.1) is 5.56 Å². The highest BCUT2D eigenvalue weighted by atomic mass is 16.4. The number of carboxylic acids is 1. The molecule has 1 fully saturated rings. The van der Waals surface area contributed by atoms with Crippen molar-refractivity contribution in [3.63, 3.8) is 0 Å². The molecule has 0 radical (unpaired) electrons. The van der Waals surface area contributed by atoms with E-state index in [0.29, 0.717) is 17.5 Å². The fourth-order valence-corrected chi connectivity index (χ4v) is 3.10. The third-order valence-corrected chi connectivity index (χ3v) is 4.40. The molecule has 0 aromatic carbocycles. The normalized spacial score (nSPS) is 22.6. The molecule has 4 heteroatoms. The standard InChI is InChI=1S/C16H24N2O2/c1-4-13-9-12(16(19)20)10-15(17-13)18(3)14-8-6-5-7-11(14)2/h9-11,14H,4-8H2,1-3H3,(H,19,20). The summed E-state index contributed by atoms with van der Waals surface area (Å²) in [6.07, 6.45) is 5.71. The summed E-state index contributed by atoms with van der Waals surface area (Å²) in [5.41, 5.74) is 1.18. The van der Waals surface area contributed by atoms with Crippen molar-refractivity contribution < 1.29 is 9.90 Å². The van der Waals surface area contributed by atoms with Crippen LogP contribution in [0.2, 0.25) is 0 Å². The summed E-state index contributed by atoms with van der Waals surface area (Å²) in [6, 6.07) is 3.83. The molecule has 1 heterocycles. The van der Waals surface area contributed by atoms with Gasteiger partial charge in [0.15, 0.2) is 0 Å². The smallest absolute Gasteiger partial charge is 0.335 e. The summed E-state index contributed by atoms with van der Waals surface area (Å²) in [6.45, 7) is 4.28. The number of carbonyl (C=O) groups is 1. The molecule has 2 rings (SSSR count). The van der Waals surface area contributed by atoms with Gasteiger partial charge in [0.25, 0.3) is 0 Å². The molecule has 0 saturated heterocycles. The SMILES string of the molecule is CCc1cc(C(=O)O)cc(N(C)C2CCCCC2C)n1. The molecule has 2 unspecified atom stereocenters. The van der Waals surface area contributed by atoms with Crippen molar-refractivity contribution in [2.24, 2.45) is 5.92 Å². The maximum absolute atomic E-state index is 11.2. The van der Waals surface area contributed by atoms with E-state index in [9.17, 15) is 9.90 Å². The van der Waals surface area contributed by atoms with E-state index in [1.54, 1.807) is 12.1 Å². The lowest BCUT2D eigenvalue weighted by Crippen LogP contribution is -2.39. The van der Waals surface area contributed by atoms with Crippen molar-refractivity contribution in [3.05, 3.63) is 23.4 Å². The Kier molecular flexibility index (Phi) is 4.63. The first-order valence-corrected chi connectivity index (χ1v) is 7.50. The summed E-state index contributed by atoms with van der Waals surface area (Å²) in [7, 11) is 2.04. The van der Waals surface area contributed by atoms with Crippen LogP contribution < -0.4 is 4.90 Å². The van der Waals surface area contributed by atoms with E-state index in [0.717, 1.165) is 24.4 Å². The van der Waals surface area contributed by atoms with Crippen LogP contribution >= 0.6 is 0 Å². The second-order valence-corrected chi connectivity index (χ2v) is 5.80. The average molecular weight is 276 g/mol. The van der Waals surface area contributed by atoms with Crippen LogP contribution in [0.3, 0.4) is 0 Å². The zero-order valence-electron chi connectivity index (χ0n) is 12.6. The fourth-order valence-electron chi connectivity index (χ4n) is 3.10. The van der Waals surface area contributed by atoms with E-state index < -0.39 is 5.97 Å².